The van der Waals surface area contributed by atoms with Crippen molar-refractivity contribution >= 4 is 5.96 Å². The van der Waals surface area contributed by atoms with E-state index in [1.165, 1.54) is 6.42 Å². The lowest BCUT2D eigenvalue weighted by molar-refractivity contribution is 0.481. The molecule has 0 aromatic rings. The molecule has 0 aliphatic carbocycles. The first kappa shape index (κ1) is 7.86. The number of likely N-dealkylation sites (tertiary alicyclic amines) is 1. The van der Waals surface area contributed by atoms with Gasteiger partial charge in [0.25, 0.3) is 0 Å². The largest absolute Gasteiger partial charge is 0.354 e. The molecule has 2 aliphatic heterocycles. The molecule has 68 valence electrons. The maximum atomic E-state index is 4.39. The van der Waals surface area contributed by atoms with E-state index in [9.17, 15) is 0 Å². The Bertz CT molecular complexity index is 189. The Morgan fingerprint density at radius 2 is 2.58 bits per heavy atom. The van der Waals surface area contributed by atoms with Crippen molar-refractivity contribution in [2.75, 3.05) is 33.2 Å². The molecule has 0 spiro atoms. The lowest BCUT2D eigenvalue weighted by atomic mass is 10.3. The Morgan fingerprint density at radius 3 is 3.17 bits per heavy atom. The Balaban J connectivity index is 1.90. The van der Waals surface area contributed by atoms with Gasteiger partial charge in [0, 0.05) is 25.7 Å². The van der Waals surface area contributed by atoms with Crippen molar-refractivity contribution in [3.05, 3.63) is 0 Å². The highest BCUT2D eigenvalue weighted by Gasteiger charge is 2.24. The quantitative estimate of drug-likeness (QED) is 0.540. The van der Waals surface area contributed by atoms with E-state index < -0.39 is 0 Å². The van der Waals surface area contributed by atoms with E-state index in [1.807, 2.05) is 7.05 Å². The average molecular weight is 168 g/mol. The van der Waals surface area contributed by atoms with Crippen LogP contribution < -0.4 is 10.6 Å². The van der Waals surface area contributed by atoms with Gasteiger partial charge in [0.05, 0.1) is 6.54 Å². The van der Waals surface area contributed by atoms with Gasteiger partial charge in [-0.2, -0.15) is 0 Å². The molecular weight excluding hydrogens is 152 g/mol. The van der Waals surface area contributed by atoms with Crippen LogP contribution in [0.25, 0.3) is 0 Å². The summed E-state index contributed by atoms with van der Waals surface area (Å²) in [6, 6.07) is 0.648. The summed E-state index contributed by atoms with van der Waals surface area (Å²) in [5.41, 5.74) is 0. The molecule has 2 N–H and O–H groups in total. The van der Waals surface area contributed by atoms with Crippen LogP contribution in [-0.2, 0) is 0 Å². The highest BCUT2D eigenvalue weighted by molar-refractivity contribution is 5.81. The van der Waals surface area contributed by atoms with Gasteiger partial charge >= 0.3 is 0 Å². The summed E-state index contributed by atoms with van der Waals surface area (Å²) in [5, 5.41) is 6.58. The molecule has 2 rings (SSSR count). The third kappa shape index (κ3) is 1.39. The fourth-order valence-corrected chi connectivity index (χ4v) is 1.79. The van der Waals surface area contributed by atoms with Crippen LogP contribution in [0.15, 0.2) is 4.99 Å². The smallest absolute Gasteiger partial charge is 0.194 e. The summed E-state index contributed by atoms with van der Waals surface area (Å²) in [4.78, 5) is 6.72. The predicted molar refractivity (Wildman–Crippen MR) is 49.3 cm³/mol. The third-order valence-electron chi connectivity index (χ3n) is 2.55. The Labute approximate surface area is 73.0 Å². The number of nitrogens with zero attached hydrogens (tertiary/aromatic N) is 2. The van der Waals surface area contributed by atoms with Crippen LogP contribution in [0.1, 0.15) is 6.42 Å². The molecule has 1 unspecified atom stereocenters. The molecule has 1 saturated heterocycles. The molecule has 0 saturated carbocycles. The SMILES string of the molecule is CNC1CCN(C2=NCCN2)C1. The van der Waals surface area contributed by atoms with Gasteiger partial charge in [0.2, 0.25) is 0 Å². The number of likely N-dealkylation sites (N-methyl/N-ethyl adjacent to an activating group) is 1. The van der Waals surface area contributed by atoms with Crippen molar-refractivity contribution in [1.82, 2.24) is 15.5 Å². The summed E-state index contributed by atoms with van der Waals surface area (Å²) in [5.74, 6) is 1.10. The van der Waals surface area contributed by atoms with Crippen LogP contribution in [0.4, 0.5) is 0 Å². The molecule has 1 atom stereocenters. The first-order chi connectivity index (χ1) is 5.90. The van der Waals surface area contributed by atoms with Gasteiger partial charge in [-0.25, -0.2) is 0 Å². The number of rotatable bonds is 1. The van der Waals surface area contributed by atoms with E-state index in [0.29, 0.717) is 6.04 Å². The summed E-state index contributed by atoms with van der Waals surface area (Å²) < 4.78 is 0. The van der Waals surface area contributed by atoms with Crippen LogP contribution in [-0.4, -0.2) is 50.1 Å². The summed E-state index contributed by atoms with van der Waals surface area (Å²) in [6.45, 7) is 4.19. The minimum absolute atomic E-state index is 0.648. The molecular formula is C8H16N4. The van der Waals surface area contributed by atoms with Crippen molar-refractivity contribution in [3.8, 4) is 0 Å². The zero-order chi connectivity index (χ0) is 8.39. The Kier molecular flexibility index (Phi) is 2.17. The van der Waals surface area contributed by atoms with Crippen LogP contribution >= 0.6 is 0 Å². The van der Waals surface area contributed by atoms with E-state index in [-0.39, 0.29) is 0 Å². The Morgan fingerprint density at radius 1 is 1.67 bits per heavy atom. The van der Waals surface area contributed by atoms with E-state index in [1.54, 1.807) is 0 Å². The molecule has 12 heavy (non-hydrogen) atoms. The zero-order valence-corrected chi connectivity index (χ0v) is 7.51. The molecule has 0 aromatic carbocycles. The molecule has 4 nitrogen and oxygen atoms in total. The lowest BCUT2D eigenvalue weighted by Gasteiger charge is -2.17. The maximum absolute atomic E-state index is 4.39. The average Bonchev–Trinajstić information content (AvgIpc) is 2.75. The zero-order valence-electron chi connectivity index (χ0n) is 7.51. The second-order valence-electron chi connectivity index (χ2n) is 3.35. The molecule has 2 aliphatic rings. The summed E-state index contributed by atoms with van der Waals surface area (Å²) in [6.07, 6.45) is 1.23. The third-order valence-corrected chi connectivity index (χ3v) is 2.55. The number of hydrogen-bond acceptors (Lipinski definition) is 4. The minimum atomic E-state index is 0.648. The molecule has 0 radical (unpaired) electrons. The van der Waals surface area contributed by atoms with Gasteiger partial charge in [-0.1, -0.05) is 0 Å². The Hall–Kier alpha value is -0.770. The van der Waals surface area contributed by atoms with Crippen molar-refractivity contribution in [1.29, 1.82) is 0 Å². The van der Waals surface area contributed by atoms with Crippen molar-refractivity contribution in [3.63, 3.8) is 0 Å². The normalized spacial score (nSPS) is 28.9. The van der Waals surface area contributed by atoms with Gasteiger partial charge in [0.1, 0.15) is 0 Å². The second kappa shape index (κ2) is 3.31. The van der Waals surface area contributed by atoms with Gasteiger partial charge in [0.15, 0.2) is 5.96 Å². The first-order valence-electron chi connectivity index (χ1n) is 4.60. The highest BCUT2D eigenvalue weighted by Crippen LogP contribution is 2.09. The van der Waals surface area contributed by atoms with Gasteiger partial charge in [-0.05, 0) is 13.5 Å². The predicted octanol–water partition coefficient (Wildman–Crippen LogP) is -0.761. The van der Waals surface area contributed by atoms with Crippen LogP contribution in [0.3, 0.4) is 0 Å². The maximum Gasteiger partial charge on any atom is 0.194 e. The number of nitrogens with one attached hydrogen (secondary N) is 2. The number of guanidine groups is 1. The van der Waals surface area contributed by atoms with Crippen molar-refractivity contribution in [2.24, 2.45) is 4.99 Å². The van der Waals surface area contributed by atoms with E-state index in [4.69, 9.17) is 0 Å². The molecule has 0 aromatic heterocycles. The van der Waals surface area contributed by atoms with Gasteiger partial charge in [-0.3, -0.25) is 4.99 Å². The van der Waals surface area contributed by atoms with Gasteiger partial charge in [-0.15, -0.1) is 0 Å². The summed E-state index contributed by atoms with van der Waals surface area (Å²) >= 11 is 0. The molecule has 0 amide bonds. The number of hydrogen-bond donors (Lipinski definition) is 2. The van der Waals surface area contributed by atoms with Crippen molar-refractivity contribution < 1.29 is 0 Å². The fourth-order valence-electron chi connectivity index (χ4n) is 1.79. The molecule has 2 heterocycles. The van der Waals surface area contributed by atoms with Crippen LogP contribution in [0, 0.1) is 0 Å². The number of aliphatic imine (C=N–C) groups is 1. The van der Waals surface area contributed by atoms with Crippen LogP contribution in [0.2, 0.25) is 0 Å². The first-order valence-corrected chi connectivity index (χ1v) is 4.60. The highest BCUT2D eigenvalue weighted by atomic mass is 15.3. The van der Waals surface area contributed by atoms with E-state index >= 15 is 0 Å². The molecule has 0 bridgehead atoms. The molecule has 4 heteroatoms. The monoisotopic (exact) mass is 168 g/mol. The van der Waals surface area contributed by atoms with Gasteiger partial charge < -0.3 is 15.5 Å². The van der Waals surface area contributed by atoms with E-state index in [2.05, 4.69) is 20.5 Å². The second-order valence-corrected chi connectivity index (χ2v) is 3.35. The van der Waals surface area contributed by atoms with E-state index in [0.717, 1.165) is 32.1 Å². The fraction of sp³-hybridized carbons (Fsp3) is 0.875. The minimum Gasteiger partial charge on any atom is -0.354 e. The van der Waals surface area contributed by atoms with Crippen LogP contribution in [0.5, 0.6) is 0 Å². The topological polar surface area (TPSA) is 39.7 Å². The lowest BCUT2D eigenvalue weighted by Crippen LogP contribution is -2.39. The van der Waals surface area contributed by atoms with Crippen molar-refractivity contribution in [2.45, 2.75) is 12.5 Å². The molecule has 1 fully saturated rings. The summed E-state index contributed by atoms with van der Waals surface area (Å²) in [7, 11) is 2.03. The standard InChI is InChI=1S/C8H16N4/c1-9-7-2-5-12(6-7)8-10-3-4-11-8/h7,9H,2-6H2,1H3,(H,10,11).